The third-order valence-electron chi connectivity index (χ3n) is 2.18. The first-order valence-corrected chi connectivity index (χ1v) is 6.85. The topological polar surface area (TPSA) is 104 Å². The number of carbonyl (C=O) groups excluding carboxylic acids is 2. The molecule has 108 valence electrons. The number of hydrogen-bond donors (Lipinski definition) is 3. The van der Waals surface area contributed by atoms with Gasteiger partial charge in [-0.3, -0.25) is 14.4 Å². The second kappa shape index (κ2) is 8.16. The fourth-order valence-electron chi connectivity index (χ4n) is 1.27. The summed E-state index contributed by atoms with van der Waals surface area (Å²) in [7, 11) is 1.51. The summed E-state index contributed by atoms with van der Waals surface area (Å²) in [4.78, 5) is 40.7. The molecule has 0 radical (unpaired) electrons. The van der Waals surface area contributed by atoms with Crippen LogP contribution in [0.15, 0.2) is 28.7 Å². The van der Waals surface area contributed by atoms with E-state index in [9.17, 15) is 14.4 Å². The normalized spacial score (nSPS) is 9.85. The molecule has 1 rings (SSSR count). The average Bonchev–Trinajstić information content (AvgIpc) is 2.42. The van der Waals surface area contributed by atoms with Crippen LogP contribution in [-0.4, -0.2) is 41.1 Å². The first-order valence-electron chi connectivity index (χ1n) is 5.86. The van der Waals surface area contributed by atoms with Gasteiger partial charge in [0.05, 0.1) is 17.9 Å². The molecule has 3 N–H and O–H groups in total. The van der Waals surface area contributed by atoms with Crippen molar-refractivity contribution < 1.29 is 9.59 Å². The lowest BCUT2D eigenvalue weighted by molar-refractivity contribution is -0.120. The van der Waals surface area contributed by atoms with Gasteiger partial charge in [0.15, 0.2) is 5.16 Å². The highest BCUT2D eigenvalue weighted by atomic mass is 32.2. The number of nitrogens with zero attached hydrogens (tertiary/aromatic N) is 1. The Labute approximate surface area is 120 Å². The Morgan fingerprint density at radius 2 is 2.25 bits per heavy atom. The second-order valence-electron chi connectivity index (χ2n) is 3.77. The summed E-state index contributed by atoms with van der Waals surface area (Å²) < 4.78 is 0. The number of likely N-dealkylation sites (N-methyl/N-ethyl adjacent to an activating group) is 1. The van der Waals surface area contributed by atoms with Crippen molar-refractivity contribution >= 4 is 23.6 Å². The number of nitrogens with one attached hydrogen (secondary N) is 3. The highest BCUT2D eigenvalue weighted by molar-refractivity contribution is 7.99. The van der Waals surface area contributed by atoms with Gasteiger partial charge in [0.25, 0.3) is 5.56 Å². The molecule has 0 saturated heterocycles. The molecule has 0 unspecified atom stereocenters. The van der Waals surface area contributed by atoms with Crippen LogP contribution in [-0.2, 0) is 16.0 Å². The van der Waals surface area contributed by atoms with Gasteiger partial charge in [-0.05, 0) is 0 Å². The molecule has 2 amide bonds. The maximum absolute atomic E-state index is 11.4. The highest BCUT2D eigenvalue weighted by Crippen LogP contribution is 2.10. The van der Waals surface area contributed by atoms with E-state index in [0.29, 0.717) is 17.4 Å². The van der Waals surface area contributed by atoms with Gasteiger partial charge in [0.2, 0.25) is 11.8 Å². The number of aromatic nitrogens is 2. The minimum Gasteiger partial charge on any atom is -0.359 e. The molecule has 8 heteroatoms. The summed E-state index contributed by atoms with van der Waals surface area (Å²) in [6.45, 7) is 3.88. The maximum Gasteiger partial charge on any atom is 0.251 e. The summed E-state index contributed by atoms with van der Waals surface area (Å²) >= 11 is 1.10. The van der Waals surface area contributed by atoms with Crippen molar-refractivity contribution in [2.75, 3.05) is 19.3 Å². The largest absolute Gasteiger partial charge is 0.359 e. The van der Waals surface area contributed by atoms with Gasteiger partial charge >= 0.3 is 0 Å². The molecule has 7 nitrogen and oxygen atoms in total. The van der Waals surface area contributed by atoms with Gasteiger partial charge in [0, 0.05) is 19.7 Å². The van der Waals surface area contributed by atoms with Gasteiger partial charge in [-0.2, -0.15) is 0 Å². The predicted octanol–water partition coefficient (Wildman–Crippen LogP) is -0.547. The van der Waals surface area contributed by atoms with E-state index in [2.05, 4.69) is 27.2 Å². The lowest BCUT2D eigenvalue weighted by Crippen LogP contribution is -2.25. The van der Waals surface area contributed by atoms with Crippen LogP contribution in [0.3, 0.4) is 0 Å². The zero-order valence-corrected chi connectivity index (χ0v) is 11.9. The van der Waals surface area contributed by atoms with Gasteiger partial charge in [-0.1, -0.05) is 17.8 Å². The van der Waals surface area contributed by atoms with Gasteiger partial charge in [-0.15, -0.1) is 6.58 Å². The Kier molecular flexibility index (Phi) is 6.51. The van der Waals surface area contributed by atoms with Crippen LogP contribution >= 0.6 is 11.8 Å². The summed E-state index contributed by atoms with van der Waals surface area (Å²) in [5.74, 6) is -0.294. The minimum absolute atomic E-state index is 0.0244. The van der Waals surface area contributed by atoms with E-state index in [1.165, 1.54) is 13.1 Å². The van der Waals surface area contributed by atoms with Crippen LogP contribution in [0.2, 0.25) is 0 Å². The lowest BCUT2D eigenvalue weighted by atomic mass is 10.3. The number of amides is 2. The van der Waals surface area contributed by atoms with Crippen LogP contribution in [0.4, 0.5) is 0 Å². The molecule has 1 heterocycles. The van der Waals surface area contributed by atoms with Crippen molar-refractivity contribution in [1.82, 2.24) is 20.6 Å². The van der Waals surface area contributed by atoms with Crippen molar-refractivity contribution in [3.8, 4) is 0 Å². The second-order valence-corrected chi connectivity index (χ2v) is 4.74. The lowest BCUT2D eigenvalue weighted by Gasteiger charge is -2.04. The van der Waals surface area contributed by atoms with Crippen molar-refractivity contribution in [3.63, 3.8) is 0 Å². The molecule has 0 aliphatic heterocycles. The Morgan fingerprint density at radius 1 is 1.50 bits per heavy atom. The SMILES string of the molecule is C=CCNC(=O)CSc1nc(CC(=O)NC)cc(=O)[nH]1. The third-order valence-corrected chi connectivity index (χ3v) is 3.05. The Morgan fingerprint density at radius 3 is 2.90 bits per heavy atom. The van der Waals surface area contributed by atoms with Crippen molar-refractivity contribution in [2.45, 2.75) is 11.6 Å². The zero-order valence-electron chi connectivity index (χ0n) is 11.1. The van der Waals surface area contributed by atoms with E-state index in [0.717, 1.165) is 11.8 Å². The number of hydrogen-bond acceptors (Lipinski definition) is 5. The van der Waals surface area contributed by atoms with Gasteiger partial charge < -0.3 is 15.6 Å². The summed E-state index contributed by atoms with van der Waals surface area (Å²) in [6, 6.07) is 1.26. The molecular weight excluding hydrogens is 280 g/mol. The fourth-order valence-corrected chi connectivity index (χ4v) is 1.99. The number of carbonyl (C=O) groups is 2. The van der Waals surface area contributed by atoms with Crippen LogP contribution in [0.25, 0.3) is 0 Å². The van der Waals surface area contributed by atoms with Crippen molar-refractivity contribution in [2.24, 2.45) is 0 Å². The summed E-state index contributed by atoms with van der Waals surface area (Å²) in [5, 5.41) is 5.38. The van der Waals surface area contributed by atoms with E-state index >= 15 is 0 Å². The molecule has 0 spiro atoms. The number of rotatable bonds is 7. The Hall–Kier alpha value is -2.09. The monoisotopic (exact) mass is 296 g/mol. The van der Waals surface area contributed by atoms with Crippen LogP contribution < -0.4 is 16.2 Å². The predicted molar refractivity (Wildman–Crippen MR) is 76.6 cm³/mol. The average molecular weight is 296 g/mol. The first-order chi connectivity index (χ1) is 9.55. The molecular formula is C12H16N4O3S. The van der Waals surface area contributed by atoms with E-state index < -0.39 is 0 Å². The Balaban J connectivity index is 2.66. The third kappa shape index (κ3) is 5.70. The number of aromatic amines is 1. The molecule has 0 saturated carbocycles. The Bertz CT molecular complexity index is 556. The zero-order chi connectivity index (χ0) is 15.0. The first kappa shape index (κ1) is 16.0. The van der Waals surface area contributed by atoms with Gasteiger partial charge in [-0.25, -0.2) is 4.98 Å². The molecule has 0 atom stereocenters. The van der Waals surface area contributed by atoms with E-state index in [4.69, 9.17) is 0 Å². The molecule has 0 aromatic carbocycles. The molecule has 0 aliphatic carbocycles. The van der Waals surface area contributed by atoms with Crippen LogP contribution in [0.1, 0.15) is 5.69 Å². The smallest absolute Gasteiger partial charge is 0.251 e. The molecule has 0 bridgehead atoms. The molecule has 0 aliphatic rings. The number of H-pyrrole nitrogens is 1. The highest BCUT2D eigenvalue weighted by Gasteiger charge is 2.08. The molecule has 1 aromatic heterocycles. The van der Waals surface area contributed by atoms with Crippen LogP contribution in [0, 0.1) is 0 Å². The fraction of sp³-hybridized carbons (Fsp3) is 0.333. The van der Waals surface area contributed by atoms with Crippen LogP contribution in [0.5, 0.6) is 0 Å². The van der Waals surface area contributed by atoms with E-state index in [1.807, 2.05) is 0 Å². The summed E-state index contributed by atoms with van der Waals surface area (Å²) in [5.41, 5.74) is 0.00926. The van der Waals surface area contributed by atoms with Crippen molar-refractivity contribution in [1.29, 1.82) is 0 Å². The minimum atomic E-state index is -0.354. The summed E-state index contributed by atoms with van der Waals surface area (Å²) in [6.07, 6.45) is 1.60. The van der Waals surface area contributed by atoms with E-state index in [-0.39, 0.29) is 29.5 Å². The molecule has 0 fully saturated rings. The molecule has 1 aromatic rings. The van der Waals surface area contributed by atoms with Crippen molar-refractivity contribution in [3.05, 3.63) is 34.8 Å². The number of thioether (sulfide) groups is 1. The molecule has 20 heavy (non-hydrogen) atoms. The van der Waals surface area contributed by atoms with Gasteiger partial charge in [0.1, 0.15) is 0 Å². The standard InChI is InChI=1S/C12H16N4O3S/c1-3-4-14-11(19)7-20-12-15-8(5-9(17)13-2)6-10(18)16-12/h3,6H,1,4-5,7H2,2H3,(H,13,17)(H,14,19)(H,15,16,18). The van der Waals surface area contributed by atoms with E-state index in [1.54, 1.807) is 6.08 Å². The maximum atomic E-state index is 11.4. The quantitative estimate of drug-likeness (QED) is 0.356.